The molecule has 0 radical (unpaired) electrons. The summed E-state index contributed by atoms with van der Waals surface area (Å²) in [7, 11) is 0. The van der Waals surface area contributed by atoms with E-state index < -0.39 is 0 Å². The maximum Gasteiger partial charge on any atom is 0.234 e. The number of halogens is 3. The van der Waals surface area contributed by atoms with E-state index in [9.17, 15) is 4.79 Å². The first-order valence-corrected chi connectivity index (χ1v) is 12.0. The molecule has 1 fully saturated rings. The molecule has 1 saturated heterocycles. The molecule has 4 rings (SSSR count). The fourth-order valence-electron chi connectivity index (χ4n) is 3.22. The van der Waals surface area contributed by atoms with Crippen LogP contribution in [-0.4, -0.2) is 57.6 Å². The van der Waals surface area contributed by atoms with Gasteiger partial charge in [0.2, 0.25) is 5.91 Å². The molecule has 1 aromatic heterocycles. The lowest BCUT2D eigenvalue weighted by Gasteiger charge is -2.26. The number of carbonyl (C=O) groups is 1. The quantitative estimate of drug-likeness (QED) is 0.459. The summed E-state index contributed by atoms with van der Waals surface area (Å²) in [6.07, 6.45) is 0. The molecule has 3 aromatic rings. The molecule has 2 aromatic carbocycles. The Labute approximate surface area is 205 Å². The molecule has 11 heteroatoms. The van der Waals surface area contributed by atoms with Crippen LogP contribution in [0, 0.1) is 0 Å². The van der Waals surface area contributed by atoms with E-state index in [2.05, 4.69) is 20.4 Å². The van der Waals surface area contributed by atoms with Crippen LogP contribution in [0.5, 0.6) is 0 Å². The van der Waals surface area contributed by atoms with E-state index in [1.54, 1.807) is 18.2 Å². The van der Waals surface area contributed by atoms with Crippen molar-refractivity contribution in [1.29, 1.82) is 0 Å². The van der Waals surface area contributed by atoms with Gasteiger partial charge in [0.25, 0.3) is 0 Å². The van der Waals surface area contributed by atoms with Crippen molar-refractivity contribution in [2.24, 2.45) is 0 Å². The van der Waals surface area contributed by atoms with Gasteiger partial charge in [-0.1, -0.05) is 52.6 Å². The van der Waals surface area contributed by atoms with Gasteiger partial charge in [-0.2, -0.15) is 0 Å². The van der Waals surface area contributed by atoms with E-state index in [1.807, 2.05) is 28.8 Å². The molecular formula is C21H20Cl3N5O2S. The van der Waals surface area contributed by atoms with Gasteiger partial charge in [-0.05, 0) is 36.4 Å². The van der Waals surface area contributed by atoms with Gasteiger partial charge in [-0.25, -0.2) is 0 Å². The van der Waals surface area contributed by atoms with Crippen molar-refractivity contribution in [3.63, 3.8) is 0 Å². The zero-order valence-corrected chi connectivity index (χ0v) is 20.0. The molecule has 1 aliphatic rings. The van der Waals surface area contributed by atoms with Crippen LogP contribution in [0.3, 0.4) is 0 Å². The Morgan fingerprint density at radius 3 is 2.56 bits per heavy atom. The monoisotopic (exact) mass is 511 g/mol. The molecule has 0 aliphatic carbocycles. The standard InChI is InChI=1S/C21H20Cl3N5O2S/c22-14-4-6-15(7-5-14)29-18(12-28-8-10-31-11-9-28)26-27-21(29)32-13-19(30)25-17-3-1-2-16(23)20(17)24/h1-7H,8-13H2,(H,25,30). The van der Waals surface area contributed by atoms with E-state index in [4.69, 9.17) is 39.5 Å². The number of nitrogens with zero attached hydrogens (tertiary/aromatic N) is 4. The second-order valence-corrected chi connectivity index (χ2v) is 9.20. The Kier molecular flexibility index (Phi) is 7.93. The predicted octanol–water partition coefficient (Wildman–Crippen LogP) is 4.79. The summed E-state index contributed by atoms with van der Waals surface area (Å²) >= 11 is 19.5. The van der Waals surface area contributed by atoms with Gasteiger partial charge in [0.15, 0.2) is 11.0 Å². The molecular weight excluding hydrogens is 493 g/mol. The Bertz CT molecular complexity index is 1090. The van der Waals surface area contributed by atoms with Crippen molar-refractivity contribution in [2.75, 3.05) is 37.4 Å². The Hall–Kier alpha value is -1.81. The van der Waals surface area contributed by atoms with Gasteiger partial charge in [0.1, 0.15) is 0 Å². The van der Waals surface area contributed by atoms with Gasteiger partial charge in [0.05, 0.1) is 41.2 Å². The molecule has 0 unspecified atom stereocenters. The molecule has 2 heterocycles. The summed E-state index contributed by atoms with van der Waals surface area (Å²) in [5.74, 6) is 0.695. The van der Waals surface area contributed by atoms with Crippen LogP contribution in [0.4, 0.5) is 5.69 Å². The average Bonchev–Trinajstić information content (AvgIpc) is 3.19. The highest BCUT2D eigenvalue weighted by molar-refractivity contribution is 7.99. The van der Waals surface area contributed by atoms with E-state index in [-0.39, 0.29) is 11.7 Å². The number of morpholine rings is 1. The number of aromatic nitrogens is 3. The number of hydrogen-bond donors (Lipinski definition) is 1. The Morgan fingerprint density at radius 2 is 1.81 bits per heavy atom. The zero-order chi connectivity index (χ0) is 22.5. The van der Waals surface area contributed by atoms with Crippen molar-refractivity contribution in [3.8, 4) is 5.69 Å². The summed E-state index contributed by atoms with van der Waals surface area (Å²) in [4.78, 5) is 14.8. The van der Waals surface area contributed by atoms with Crippen LogP contribution in [-0.2, 0) is 16.1 Å². The number of hydrogen-bond acceptors (Lipinski definition) is 6. The van der Waals surface area contributed by atoms with Gasteiger partial charge in [-0.3, -0.25) is 14.3 Å². The number of benzene rings is 2. The lowest BCUT2D eigenvalue weighted by atomic mass is 10.3. The van der Waals surface area contributed by atoms with Crippen LogP contribution in [0.2, 0.25) is 15.1 Å². The Morgan fingerprint density at radius 1 is 1.06 bits per heavy atom. The van der Waals surface area contributed by atoms with E-state index in [1.165, 1.54) is 11.8 Å². The Balaban J connectivity index is 1.51. The third kappa shape index (κ3) is 5.75. The van der Waals surface area contributed by atoms with Crippen molar-refractivity contribution in [2.45, 2.75) is 11.7 Å². The first kappa shape index (κ1) is 23.4. The highest BCUT2D eigenvalue weighted by atomic mass is 35.5. The highest BCUT2D eigenvalue weighted by Crippen LogP contribution is 2.30. The lowest BCUT2D eigenvalue weighted by molar-refractivity contribution is -0.113. The second kappa shape index (κ2) is 10.9. The number of thioether (sulfide) groups is 1. The number of rotatable bonds is 7. The normalized spacial score (nSPS) is 14.5. The van der Waals surface area contributed by atoms with E-state index >= 15 is 0 Å². The molecule has 1 N–H and O–H groups in total. The van der Waals surface area contributed by atoms with Gasteiger partial charge >= 0.3 is 0 Å². The number of carbonyl (C=O) groups excluding carboxylic acids is 1. The minimum Gasteiger partial charge on any atom is -0.379 e. The molecule has 0 spiro atoms. The molecule has 0 saturated carbocycles. The molecule has 0 atom stereocenters. The SMILES string of the molecule is O=C(CSc1nnc(CN2CCOCC2)n1-c1ccc(Cl)cc1)Nc1cccc(Cl)c1Cl. The molecule has 1 amide bonds. The maximum absolute atomic E-state index is 12.5. The molecule has 7 nitrogen and oxygen atoms in total. The van der Waals surface area contributed by atoms with Crippen LogP contribution in [0.25, 0.3) is 5.69 Å². The summed E-state index contributed by atoms with van der Waals surface area (Å²) in [6.45, 7) is 3.69. The molecule has 32 heavy (non-hydrogen) atoms. The third-order valence-corrected chi connectivity index (χ3v) is 6.81. The summed E-state index contributed by atoms with van der Waals surface area (Å²) in [5.41, 5.74) is 1.35. The number of anilines is 1. The second-order valence-electron chi connectivity index (χ2n) is 7.04. The van der Waals surface area contributed by atoms with Crippen molar-refractivity contribution < 1.29 is 9.53 Å². The summed E-state index contributed by atoms with van der Waals surface area (Å²) < 4.78 is 7.39. The first-order chi connectivity index (χ1) is 15.5. The van der Waals surface area contributed by atoms with E-state index in [0.717, 1.165) is 24.6 Å². The highest BCUT2D eigenvalue weighted by Gasteiger charge is 2.20. The third-order valence-electron chi connectivity index (χ3n) is 4.81. The zero-order valence-electron chi connectivity index (χ0n) is 16.9. The topological polar surface area (TPSA) is 72.3 Å². The molecule has 0 bridgehead atoms. The van der Waals surface area contributed by atoms with Gasteiger partial charge < -0.3 is 10.1 Å². The summed E-state index contributed by atoms with van der Waals surface area (Å²) in [6, 6.07) is 12.5. The minimum atomic E-state index is -0.223. The van der Waals surface area contributed by atoms with Gasteiger partial charge in [-0.15, -0.1) is 10.2 Å². The average molecular weight is 513 g/mol. The fourth-order valence-corrected chi connectivity index (χ4v) is 4.47. The van der Waals surface area contributed by atoms with Crippen molar-refractivity contribution >= 4 is 58.2 Å². The predicted molar refractivity (Wildman–Crippen MR) is 128 cm³/mol. The van der Waals surface area contributed by atoms with Crippen molar-refractivity contribution in [1.82, 2.24) is 19.7 Å². The van der Waals surface area contributed by atoms with Crippen molar-refractivity contribution in [3.05, 3.63) is 63.4 Å². The smallest absolute Gasteiger partial charge is 0.234 e. The number of amides is 1. The molecule has 1 aliphatic heterocycles. The maximum atomic E-state index is 12.5. The largest absolute Gasteiger partial charge is 0.379 e. The van der Waals surface area contributed by atoms with Crippen LogP contribution < -0.4 is 5.32 Å². The van der Waals surface area contributed by atoms with Crippen LogP contribution in [0.15, 0.2) is 47.6 Å². The summed E-state index contributed by atoms with van der Waals surface area (Å²) in [5, 5.41) is 13.5. The number of nitrogens with one attached hydrogen (secondary N) is 1. The van der Waals surface area contributed by atoms with Gasteiger partial charge in [0, 0.05) is 23.8 Å². The lowest BCUT2D eigenvalue weighted by Crippen LogP contribution is -2.36. The minimum absolute atomic E-state index is 0.131. The van der Waals surface area contributed by atoms with E-state index in [0.29, 0.717) is 45.7 Å². The molecule has 168 valence electrons. The van der Waals surface area contributed by atoms with Crippen LogP contribution in [0.1, 0.15) is 5.82 Å². The fraction of sp³-hybridized carbons (Fsp3) is 0.286. The van der Waals surface area contributed by atoms with Crippen LogP contribution >= 0.6 is 46.6 Å². The first-order valence-electron chi connectivity index (χ1n) is 9.88. The number of ether oxygens (including phenoxy) is 1.